The summed E-state index contributed by atoms with van der Waals surface area (Å²) in [7, 11) is 1.50. The molecule has 9 unspecified atom stereocenters. The van der Waals surface area contributed by atoms with E-state index in [4.69, 9.17) is 28.4 Å². The van der Waals surface area contributed by atoms with Gasteiger partial charge in [-0.15, -0.1) is 0 Å². The summed E-state index contributed by atoms with van der Waals surface area (Å²) < 4.78 is 37.0. The first-order chi connectivity index (χ1) is 26.7. The lowest BCUT2D eigenvalue weighted by atomic mass is 9.77. The summed E-state index contributed by atoms with van der Waals surface area (Å²) in [4.78, 5) is 69.3. The van der Waals surface area contributed by atoms with E-state index in [-0.39, 0.29) is 69.3 Å². The highest BCUT2D eigenvalue weighted by atomic mass is 16.7. The third-order valence-corrected chi connectivity index (χ3v) is 11.6. The number of fused-ring (bicyclic) bond motifs is 10. The second-order valence-electron chi connectivity index (χ2n) is 16.5. The van der Waals surface area contributed by atoms with Crippen LogP contribution in [0.3, 0.4) is 0 Å². The number of nitrogens with one attached hydrogen (secondary N) is 2. The molecule has 14 nitrogen and oxygen atoms in total. The number of hydrogen-bond donors (Lipinski definition) is 3. The Hall–Kier alpha value is -4.79. The maximum Gasteiger partial charge on any atom is 0.312 e. The number of methoxy groups -OCH3 is 1. The van der Waals surface area contributed by atoms with Crippen LogP contribution in [0, 0.1) is 30.6 Å². The fourth-order valence-electron chi connectivity index (χ4n) is 8.35. The lowest BCUT2D eigenvalue weighted by Crippen LogP contribution is -2.56. The third kappa shape index (κ3) is 7.79. The van der Waals surface area contributed by atoms with Crippen molar-refractivity contribution in [2.24, 2.45) is 23.7 Å². The van der Waals surface area contributed by atoms with E-state index in [0.717, 1.165) is 12.8 Å². The van der Waals surface area contributed by atoms with Crippen LogP contribution < -0.4 is 15.4 Å². The molecular weight excluding hydrogens is 736 g/mol. The number of ether oxygens (including phenoxy) is 6. The van der Waals surface area contributed by atoms with Crippen LogP contribution >= 0.6 is 0 Å². The fourth-order valence-corrected chi connectivity index (χ4v) is 8.35. The van der Waals surface area contributed by atoms with Crippen LogP contribution in [-0.2, 0) is 33.3 Å². The van der Waals surface area contributed by atoms with Crippen molar-refractivity contribution in [1.82, 2.24) is 10.6 Å². The van der Waals surface area contributed by atoms with Crippen molar-refractivity contribution in [1.29, 1.82) is 0 Å². The molecule has 14 heteroatoms. The molecule has 6 aliphatic rings. The molecule has 4 aliphatic heterocycles. The van der Waals surface area contributed by atoms with E-state index in [9.17, 15) is 29.1 Å². The van der Waals surface area contributed by atoms with Gasteiger partial charge >= 0.3 is 11.8 Å². The quantitative estimate of drug-likeness (QED) is 0.325. The highest BCUT2D eigenvalue weighted by Gasteiger charge is 2.53. The molecule has 1 saturated heterocycles. The van der Waals surface area contributed by atoms with Crippen molar-refractivity contribution in [2.75, 3.05) is 7.11 Å². The first-order valence-electron chi connectivity index (χ1n) is 19.5. The van der Waals surface area contributed by atoms with Crippen LogP contribution in [0.1, 0.15) is 112 Å². The number of ketones is 3. The summed E-state index contributed by atoms with van der Waals surface area (Å²) in [5.41, 5.74) is -1.21. The zero-order chi connectivity index (χ0) is 41.9. The Kier molecular flexibility index (Phi) is 11.4. The van der Waals surface area contributed by atoms with Gasteiger partial charge in [0, 0.05) is 61.8 Å². The van der Waals surface area contributed by atoms with Gasteiger partial charge in [-0.25, -0.2) is 0 Å². The van der Waals surface area contributed by atoms with Crippen LogP contribution in [0.15, 0.2) is 47.5 Å². The molecule has 7 bridgehead atoms. The second-order valence-corrected chi connectivity index (χ2v) is 16.5. The average Bonchev–Trinajstić information content (AvgIpc) is 3.93. The van der Waals surface area contributed by atoms with E-state index < -0.39 is 76.3 Å². The van der Waals surface area contributed by atoms with Crippen molar-refractivity contribution in [3.05, 3.63) is 69.8 Å². The fraction of sp³-hybridized carbons (Fsp3) is 0.558. The number of Topliss-reactive ketones (excluding diaryl/α,β-unsaturated/α-hetero) is 3. The number of rotatable bonds is 4. The Morgan fingerprint density at radius 2 is 1.58 bits per heavy atom. The van der Waals surface area contributed by atoms with E-state index >= 15 is 0 Å². The normalized spacial score (nSPS) is 33.0. The van der Waals surface area contributed by atoms with Crippen molar-refractivity contribution >= 4 is 29.2 Å². The number of benzene rings is 1. The molecule has 0 radical (unpaired) electrons. The van der Waals surface area contributed by atoms with Crippen molar-refractivity contribution in [3.8, 4) is 11.5 Å². The maximum atomic E-state index is 14.4. The van der Waals surface area contributed by atoms with E-state index in [1.807, 2.05) is 47.6 Å². The van der Waals surface area contributed by atoms with Gasteiger partial charge in [0.2, 0.25) is 11.6 Å². The third-order valence-electron chi connectivity index (χ3n) is 11.6. The summed E-state index contributed by atoms with van der Waals surface area (Å²) in [6.45, 7) is 17.3. The highest BCUT2D eigenvalue weighted by molar-refractivity contribution is 6.32. The van der Waals surface area contributed by atoms with Crippen LogP contribution in [0.2, 0.25) is 0 Å². The zero-order valence-electron chi connectivity index (χ0n) is 34.4. The highest BCUT2D eigenvalue weighted by Crippen LogP contribution is 2.49. The number of hydrogen-bond acceptors (Lipinski definition) is 13. The van der Waals surface area contributed by atoms with Crippen molar-refractivity contribution in [3.63, 3.8) is 0 Å². The first-order valence-corrected chi connectivity index (χ1v) is 19.5. The Morgan fingerprint density at radius 1 is 0.912 bits per heavy atom. The Morgan fingerprint density at radius 3 is 2.21 bits per heavy atom. The molecule has 4 heterocycles. The monoisotopic (exact) mass is 790 g/mol. The van der Waals surface area contributed by atoms with E-state index in [1.165, 1.54) is 34.1 Å². The van der Waals surface area contributed by atoms with Gasteiger partial charge in [0.1, 0.15) is 29.0 Å². The Balaban J connectivity index is 1.48. The lowest BCUT2D eigenvalue weighted by molar-refractivity contribution is -0.336. The molecule has 0 aromatic heterocycles. The van der Waals surface area contributed by atoms with E-state index in [0.29, 0.717) is 0 Å². The van der Waals surface area contributed by atoms with Gasteiger partial charge in [0.25, 0.3) is 11.7 Å². The van der Waals surface area contributed by atoms with Gasteiger partial charge in [-0.1, -0.05) is 45.9 Å². The summed E-state index contributed by atoms with van der Waals surface area (Å²) in [5, 5.41) is 17.2. The number of carbonyl (C=O) groups is 5. The molecule has 308 valence electrons. The number of carbonyl (C=O) groups excluding carboxylic acids is 5. The molecule has 1 aromatic carbocycles. The number of amides is 1. The molecule has 2 fully saturated rings. The van der Waals surface area contributed by atoms with Crippen LogP contribution in [0.25, 0.3) is 0 Å². The number of aromatic hydroxyl groups is 1. The first kappa shape index (κ1) is 41.8. The second kappa shape index (κ2) is 15.5. The molecule has 1 amide bonds. The van der Waals surface area contributed by atoms with Gasteiger partial charge in [0.05, 0.1) is 41.3 Å². The van der Waals surface area contributed by atoms with Crippen LogP contribution in [0.5, 0.6) is 11.5 Å². The Bertz CT molecular complexity index is 2010. The lowest BCUT2D eigenvalue weighted by Gasteiger charge is -2.50. The molecule has 0 spiro atoms. The van der Waals surface area contributed by atoms with Crippen LogP contribution in [-0.4, -0.2) is 83.5 Å². The number of allylic oxidation sites excluding steroid dienone is 4. The van der Waals surface area contributed by atoms with Gasteiger partial charge in [-0.05, 0) is 46.6 Å². The maximum absolute atomic E-state index is 14.4. The van der Waals surface area contributed by atoms with Gasteiger partial charge in [0.15, 0.2) is 5.79 Å². The molecular formula is C43H54N2O12. The van der Waals surface area contributed by atoms with Crippen molar-refractivity contribution in [2.45, 2.75) is 124 Å². The molecule has 1 saturated carbocycles. The molecule has 3 N–H and O–H groups in total. The molecule has 7 rings (SSSR count). The summed E-state index contributed by atoms with van der Waals surface area (Å²) in [6.07, 6.45) is 7.35. The number of phenols is 1. The summed E-state index contributed by atoms with van der Waals surface area (Å²) >= 11 is 0. The number of phenolic OH excluding ortho intramolecular Hbond substituents is 1. The topological polar surface area (TPSA) is 185 Å². The SMILES string of the molecule is COC1C=COC2(C)Oc3c(C)c(O)c4c(c3C2=O)C(=O)C(NC2CC2)=C(NC(=O)C(C)=CC=CC(C)C2OC(C)(C)OC(C2C)C(C)C(OC(C)=O)C1C)C4=O. The van der Waals surface area contributed by atoms with Gasteiger partial charge < -0.3 is 44.2 Å². The minimum atomic E-state index is -2.02. The van der Waals surface area contributed by atoms with Crippen molar-refractivity contribution < 1.29 is 57.5 Å². The smallest absolute Gasteiger partial charge is 0.312 e. The summed E-state index contributed by atoms with van der Waals surface area (Å²) in [6, 6.07) is -0.130. The predicted molar refractivity (Wildman–Crippen MR) is 206 cm³/mol. The standard InChI is InChI=1S/C43H54N2O12/c1-19-13-12-14-20(2)41(51)45-32-31(44-26-15-16-26)34(48)28-29(35(32)49)33(47)22(4)39-30(28)40(50)43(10,57-39)53-18-17-27(52-11)21(3)37(54-25(7)46)24(6)38-23(5)36(19)55-42(8,9)56-38/h12-14,17-19,21,23-24,26-27,36-38,44,47H,15-16H2,1-11H3,(H,45,51). The van der Waals surface area contributed by atoms with E-state index in [1.54, 1.807) is 25.2 Å². The zero-order valence-corrected chi connectivity index (χ0v) is 34.4. The predicted octanol–water partition coefficient (Wildman–Crippen LogP) is 5.51. The van der Waals surface area contributed by atoms with Crippen LogP contribution in [0.4, 0.5) is 0 Å². The van der Waals surface area contributed by atoms with Gasteiger partial charge in [-0.3, -0.25) is 24.0 Å². The number of esters is 1. The molecule has 2 aliphatic carbocycles. The van der Waals surface area contributed by atoms with Gasteiger partial charge in [-0.2, -0.15) is 0 Å². The van der Waals surface area contributed by atoms with E-state index in [2.05, 4.69) is 10.6 Å². The minimum Gasteiger partial charge on any atom is -0.507 e. The molecule has 1 aromatic rings. The largest absolute Gasteiger partial charge is 0.507 e. The average molecular weight is 791 g/mol. The minimum absolute atomic E-state index is 0.0371. The molecule has 9 atom stereocenters. The molecule has 57 heavy (non-hydrogen) atoms. The Labute approximate surface area is 333 Å². The summed E-state index contributed by atoms with van der Waals surface area (Å²) in [5.74, 6) is -8.35.